The summed E-state index contributed by atoms with van der Waals surface area (Å²) in [5, 5.41) is 0. The highest BCUT2D eigenvalue weighted by molar-refractivity contribution is 5.86. The predicted molar refractivity (Wildman–Crippen MR) is 244 cm³/mol. The van der Waals surface area contributed by atoms with Crippen LogP contribution in [-0.2, 0) is 9.59 Å². The fraction of sp³-hybridized carbons (Fsp3) is 0.667. The zero-order chi connectivity index (χ0) is 37.8. The lowest BCUT2D eigenvalue weighted by Gasteiger charge is -2.26. The molecule has 0 aliphatic carbocycles. The molecule has 2 amide bonds. The third kappa shape index (κ3) is 24.7. The van der Waals surface area contributed by atoms with E-state index in [1.165, 1.54) is 12.8 Å². The average molecular weight is 871 g/mol. The van der Waals surface area contributed by atoms with E-state index < -0.39 is 12.1 Å². The first-order chi connectivity index (χ1) is 25.3. The number of halogens is 4. The van der Waals surface area contributed by atoms with Crippen molar-refractivity contribution in [1.29, 1.82) is 0 Å². The van der Waals surface area contributed by atoms with Crippen molar-refractivity contribution in [2.75, 3.05) is 52.5 Å². The van der Waals surface area contributed by atoms with E-state index >= 15 is 0 Å². The first kappa shape index (κ1) is 58.3. The van der Waals surface area contributed by atoms with Crippen molar-refractivity contribution in [3.05, 3.63) is 48.5 Å². The highest BCUT2D eigenvalue weighted by atomic mass is 35.5. The van der Waals surface area contributed by atoms with Gasteiger partial charge in [0.05, 0.1) is 25.3 Å². The van der Waals surface area contributed by atoms with Crippen LogP contribution in [0.15, 0.2) is 48.5 Å². The SMILES string of the molecule is CCCCCCN(CCCOc1cccc(-c2cccc(OCCCN(CCCCCC)C(=O)[C@@H](N)CCCCN)c2)c1)C(=O)[C@@H](N)CCCCN.Cl.Cl.Cl.Cl. The van der Waals surface area contributed by atoms with Crippen molar-refractivity contribution in [3.63, 3.8) is 0 Å². The molecule has 0 bridgehead atoms. The molecular weight excluding hydrogens is 794 g/mol. The van der Waals surface area contributed by atoms with Gasteiger partial charge in [0.25, 0.3) is 0 Å². The fourth-order valence-corrected chi connectivity index (χ4v) is 6.28. The van der Waals surface area contributed by atoms with E-state index in [-0.39, 0.29) is 61.4 Å². The average Bonchev–Trinajstić information content (AvgIpc) is 3.16. The second-order valence-corrected chi connectivity index (χ2v) is 14.0. The van der Waals surface area contributed by atoms with Gasteiger partial charge in [-0.15, -0.1) is 49.6 Å². The Morgan fingerprint density at radius 2 is 0.911 bits per heavy atom. The van der Waals surface area contributed by atoms with Gasteiger partial charge in [-0.2, -0.15) is 0 Å². The van der Waals surface area contributed by atoms with Crippen molar-refractivity contribution in [2.45, 2.75) is 129 Å². The summed E-state index contributed by atoms with van der Waals surface area (Å²) in [4.78, 5) is 30.2. The number of rotatable bonds is 31. The minimum Gasteiger partial charge on any atom is -0.494 e. The zero-order valence-corrected chi connectivity index (χ0v) is 37.5. The number of nitrogens with two attached hydrogens (primary N) is 4. The van der Waals surface area contributed by atoms with Crippen molar-refractivity contribution >= 4 is 61.4 Å². The van der Waals surface area contributed by atoms with Crippen molar-refractivity contribution in [3.8, 4) is 22.6 Å². The Morgan fingerprint density at radius 3 is 1.27 bits per heavy atom. The van der Waals surface area contributed by atoms with Crippen LogP contribution < -0.4 is 32.4 Å². The minimum absolute atomic E-state index is 0. The summed E-state index contributed by atoms with van der Waals surface area (Å²) >= 11 is 0. The van der Waals surface area contributed by atoms with Gasteiger partial charge in [-0.1, -0.05) is 89.5 Å². The van der Waals surface area contributed by atoms with Crippen LogP contribution in [0.1, 0.15) is 117 Å². The minimum atomic E-state index is -0.477. The molecule has 0 saturated heterocycles. The Balaban J connectivity index is -0.00000702. The smallest absolute Gasteiger partial charge is 0.239 e. The van der Waals surface area contributed by atoms with Gasteiger partial charge >= 0.3 is 0 Å². The highest BCUT2D eigenvalue weighted by Gasteiger charge is 2.21. The third-order valence-corrected chi connectivity index (χ3v) is 9.44. The van der Waals surface area contributed by atoms with Crippen LogP contribution in [0.4, 0.5) is 0 Å². The van der Waals surface area contributed by atoms with Gasteiger partial charge in [-0.25, -0.2) is 0 Å². The van der Waals surface area contributed by atoms with Crippen LogP contribution in [-0.4, -0.2) is 86.2 Å². The Hall–Kier alpha value is -2.02. The molecule has 56 heavy (non-hydrogen) atoms. The van der Waals surface area contributed by atoms with E-state index in [0.29, 0.717) is 52.2 Å². The molecule has 2 atom stereocenters. The Labute approximate surface area is 363 Å². The molecule has 2 aromatic rings. The van der Waals surface area contributed by atoms with Gasteiger partial charge in [-0.3, -0.25) is 9.59 Å². The molecule has 0 radical (unpaired) electrons. The van der Waals surface area contributed by atoms with Crippen LogP contribution in [0.5, 0.6) is 11.5 Å². The van der Waals surface area contributed by atoms with E-state index in [0.717, 1.165) is 113 Å². The predicted octanol–water partition coefficient (Wildman–Crippen LogP) is 8.31. The second-order valence-electron chi connectivity index (χ2n) is 14.0. The molecule has 0 heterocycles. The lowest BCUT2D eigenvalue weighted by Crippen LogP contribution is -2.45. The van der Waals surface area contributed by atoms with Gasteiger partial charge in [0, 0.05) is 26.2 Å². The number of hydrogen-bond acceptors (Lipinski definition) is 8. The molecular formula is C42H76Cl4N6O4. The van der Waals surface area contributed by atoms with Gasteiger partial charge < -0.3 is 42.2 Å². The maximum absolute atomic E-state index is 13.2. The summed E-state index contributed by atoms with van der Waals surface area (Å²) in [6.45, 7) is 9.35. The molecule has 2 aromatic carbocycles. The first-order valence-electron chi connectivity index (χ1n) is 20.3. The Kier molecular flexibility index (Phi) is 38.8. The number of benzene rings is 2. The molecule has 0 saturated carbocycles. The molecule has 0 spiro atoms. The van der Waals surface area contributed by atoms with Crippen molar-refractivity contribution in [1.82, 2.24) is 9.80 Å². The normalized spacial score (nSPS) is 11.5. The molecule has 2 rings (SSSR count). The van der Waals surface area contributed by atoms with Gasteiger partial charge in [-0.05, 0) is 99.8 Å². The monoisotopic (exact) mass is 868 g/mol. The highest BCUT2D eigenvalue weighted by Crippen LogP contribution is 2.27. The number of ether oxygens (including phenoxy) is 2. The molecule has 0 aromatic heterocycles. The number of amides is 2. The molecule has 8 N–H and O–H groups in total. The number of hydrogen-bond donors (Lipinski definition) is 4. The van der Waals surface area contributed by atoms with Crippen LogP contribution in [0.3, 0.4) is 0 Å². The molecule has 0 fully saturated rings. The van der Waals surface area contributed by atoms with Crippen molar-refractivity contribution < 1.29 is 19.1 Å². The summed E-state index contributed by atoms with van der Waals surface area (Å²) in [5.41, 5.74) is 25.9. The Morgan fingerprint density at radius 1 is 0.536 bits per heavy atom. The van der Waals surface area contributed by atoms with Crippen LogP contribution in [0, 0.1) is 0 Å². The zero-order valence-electron chi connectivity index (χ0n) is 34.2. The summed E-state index contributed by atoms with van der Waals surface area (Å²) in [6, 6.07) is 15.2. The second kappa shape index (κ2) is 37.3. The number of carbonyl (C=O) groups is 2. The molecule has 10 nitrogen and oxygen atoms in total. The van der Waals surface area contributed by atoms with Crippen LogP contribution in [0.25, 0.3) is 11.1 Å². The summed E-state index contributed by atoms with van der Waals surface area (Å²) in [5.74, 6) is 1.63. The quantitative estimate of drug-likeness (QED) is 0.0550. The molecule has 14 heteroatoms. The maximum Gasteiger partial charge on any atom is 0.239 e. The molecule has 0 aliphatic heterocycles. The van der Waals surface area contributed by atoms with Gasteiger partial charge in [0.1, 0.15) is 11.5 Å². The number of unbranched alkanes of at least 4 members (excludes halogenated alkanes) is 8. The van der Waals surface area contributed by atoms with Crippen LogP contribution >= 0.6 is 49.6 Å². The molecule has 326 valence electrons. The van der Waals surface area contributed by atoms with E-state index in [1.807, 2.05) is 46.2 Å². The summed E-state index contributed by atoms with van der Waals surface area (Å²) in [7, 11) is 0. The van der Waals surface area contributed by atoms with E-state index in [2.05, 4.69) is 26.0 Å². The molecule has 0 aliphatic rings. The number of carbonyl (C=O) groups excluding carboxylic acids is 2. The van der Waals surface area contributed by atoms with E-state index in [4.69, 9.17) is 32.4 Å². The summed E-state index contributed by atoms with van der Waals surface area (Å²) < 4.78 is 12.3. The lowest BCUT2D eigenvalue weighted by atomic mass is 10.1. The van der Waals surface area contributed by atoms with E-state index in [1.54, 1.807) is 0 Å². The first-order valence-corrected chi connectivity index (χ1v) is 20.3. The van der Waals surface area contributed by atoms with Crippen LogP contribution in [0.2, 0.25) is 0 Å². The summed E-state index contributed by atoms with van der Waals surface area (Å²) in [6.07, 6.45) is 15.2. The Bertz CT molecular complexity index is 1160. The van der Waals surface area contributed by atoms with E-state index in [9.17, 15) is 9.59 Å². The fourth-order valence-electron chi connectivity index (χ4n) is 6.28. The van der Waals surface area contributed by atoms with Gasteiger partial charge in [0.2, 0.25) is 11.8 Å². The van der Waals surface area contributed by atoms with Gasteiger partial charge in [0.15, 0.2) is 0 Å². The maximum atomic E-state index is 13.2. The largest absolute Gasteiger partial charge is 0.494 e. The lowest BCUT2D eigenvalue weighted by molar-refractivity contribution is -0.133. The standard InChI is InChI=1S/C42H72N6O4.4ClH/c1-3-5-7-13-27-47(41(49)39(45)23-9-11-25-43)29-17-31-51-37-21-15-19-35(33-37)36-20-16-22-38(34-36)52-32-18-30-48(28-14-8-6-4-2)42(50)40(46)24-10-12-26-44;;;;/h15-16,19-22,33-34,39-40H,3-14,17-18,23-32,43-46H2,1-2H3;4*1H/t39-,40-;;;;/m0..../s1. The molecule has 0 unspecified atom stereocenters. The number of nitrogens with zero attached hydrogens (tertiary/aromatic N) is 2. The topological polar surface area (TPSA) is 163 Å². The third-order valence-electron chi connectivity index (χ3n) is 9.44. The van der Waals surface area contributed by atoms with Crippen molar-refractivity contribution in [2.24, 2.45) is 22.9 Å².